The summed E-state index contributed by atoms with van der Waals surface area (Å²) in [7, 11) is 5.83. The molecule has 0 aromatic carbocycles. The number of hydrogen-bond acceptors (Lipinski definition) is 4. The highest BCUT2D eigenvalue weighted by atomic mass is 16.3. The number of carbonyl (C=O) groups excluding carboxylic acids is 1. The van der Waals surface area contributed by atoms with Crippen molar-refractivity contribution in [3.63, 3.8) is 0 Å². The van der Waals surface area contributed by atoms with E-state index in [0.29, 0.717) is 19.5 Å². The molecule has 3 atom stereocenters. The number of aliphatic hydroxyl groups is 1. The minimum atomic E-state index is -0.370. The first kappa shape index (κ1) is 14.4. The first-order chi connectivity index (χ1) is 7.95. The number of amides is 1. The molecule has 0 bridgehead atoms. The molecule has 5 nitrogen and oxygen atoms in total. The van der Waals surface area contributed by atoms with Gasteiger partial charge in [0.1, 0.15) is 0 Å². The average Bonchev–Trinajstić information content (AvgIpc) is 2.57. The van der Waals surface area contributed by atoms with Crippen LogP contribution >= 0.6 is 0 Å². The third kappa shape index (κ3) is 3.94. The van der Waals surface area contributed by atoms with Crippen LogP contribution < -0.4 is 5.32 Å². The van der Waals surface area contributed by atoms with Crippen LogP contribution in [0.15, 0.2) is 0 Å². The molecule has 0 radical (unpaired) electrons. The third-order valence-electron chi connectivity index (χ3n) is 3.18. The molecule has 1 aliphatic rings. The van der Waals surface area contributed by atoms with Crippen LogP contribution in [-0.2, 0) is 4.79 Å². The Morgan fingerprint density at radius 1 is 1.59 bits per heavy atom. The summed E-state index contributed by atoms with van der Waals surface area (Å²) >= 11 is 0. The van der Waals surface area contributed by atoms with Gasteiger partial charge in [0.15, 0.2) is 0 Å². The van der Waals surface area contributed by atoms with E-state index in [4.69, 9.17) is 0 Å². The van der Waals surface area contributed by atoms with Crippen LogP contribution in [0, 0.1) is 5.92 Å². The molecule has 0 spiro atoms. The van der Waals surface area contributed by atoms with Crippen molar-refractivity contribution in [2.45, 2.75) is 25.5 Å². The normalized spacial score (nSPS) is 26.6. The van der Waals surface area contributed by atoms with Crippen molar-refractivity contribution in [1.29, 1.82) is 0 Å². The zero-order valence-corrected chi connectivity index (χ0v) is 11.3. The lowest BCUT2D eigenvalue weighted by molar-refractivity contribution is -0.136. The smallest absolute Gasteiger partial charge is 0.227 e. The fraction of sp³-hybridized carbons (Fsp3) is 0.917. The highest BCUT2D eigenvalue weighted by molar-refractivity contribution is 5.79. The van der Waals surface area contributed by atoms with Crippen molar-refractivity contribution < 1.29 is 9.90 Å². The topological polar surface area (TPSA) is 55.8 Å². The number of carbonyl (C=O) groups is 1. The number of nitrogens with one attached hydrogen (secondary N) is 1. The molecule has 0 aromatic rings. The molecule has 0 aliphatic carbocycles. The number of β-amino-alcohol motifs (C(OH)–C–C–N with tert-alkyl or cyclic N) is 1. The summed E-state index contributed by atoms with van der Waals surface area (Å²) in [6, 6.07) is 0.145. The van der Waals surface area contributed by atoms with E-state index in [0.717, 1.165) is 6.54 Å². The fourth-order valence-electron chi connectivity index (χ4n) is 2.43. The number of nitrogens with zero attached hydrogens (tertiary/aromatic N) is 2. The highest BCUT2D eigenvalue weighted by Crippen LogP contribution is 2.20. The predicted molar refractivity (Wildman–Crippen MR) is 67.8 cm³/mol. The van der Waals surface area contributed by atoms with Crippen molar-refractivity contribution >= 4 is 5.91 Å². The molecule has 1 heterocycles. The lowest BCUT2D eigenvalue weighted by Crippen LogP contribution is -2.45. The summed E-state index contributed by atoms with van der Waals surface area (Å²) in [6.45, 7) is 3.90. The summed E-state index contributed by atoms with van der Waals surface area (Å²) in [5.41, 5.74) is 0. The first-order valence-corrected chi connectivity index (χ1v) is 6.23. The molecule has 0 saturated carbocycles. The van der Waals surface area contributed by atoms with Crippen LogP contribution in [0.25, 0.3) is 0 Å². The maximum atomic E-state index is 12.2. The molecular formula is C12H25N3O2. The average molecular weight is 243 g/mol. The Kier molecular flexibility index (Phi) is 5.36. The van der Waals surface area contributed by atoms with Gasteiger partial charge >= 0.3 is 0 Å². The van der Waals surface area contributed by atoms with Crippen molar-refractivity contribution in [3.8, 4) is 0 Å². The van der Waals surface area contributed by atoms with E-state index in [-0.39, 0.29) is 24.0 Å². The van der Waals surface area contributed by atoms with E-state index < -0.39 is 0 Å². The van der Waals surface area contributed by atoms with Gasteiger partial charge in [0.2, 0.25) is 5.91 Å². The molecule has 1 rings (SSSR count). The molecule has 3 unspecified atom stereocenters. The standard InChI is InChI=1S/C12H25N3O2/c1-9(6-13-2)12(17)15-8-11(16)5-10(15)7-14(3)4/h9-11,13,16H,5-8H2,1-4H3. The maximum absolute atomic E-state index is 12.2. The monoisotopic (exact) mass is 243 g/mol. The van der Waals surface area contributed by atoms with Gasteiger partial charge in [-0.25, -0.2) is 0 Å². The van der Waals surface area contributed by atoms with Gasteiger partial charge in [-0.05, 0) is 27.6 Å². The number of likely N-dealkylation sites (tertiary alicyclic amines) is 1. The molecule has 1 fully saturated rings. The minimum absolute atomic E-state index is 0.0324. The molecule has 100 valence electrons. The van der Waals surface area contributed by atoms with Crippen molar-refractivity contribution in [2.75, 3.05) is 40.8 Å². The van der Waals surface area contributed by atoms with Crippen molar-refractivity contribution in [3.05, 3.63) is 0 Å². The third-order valence-corrected chi connectivity index (χ3v) is 3.18. The van der Waals surface area contributed by atoms with E-state index in [9.17, 15) is 9.90 Å². The second-order valence-corrected chi connectivity index (χ2v) is 5.25. The quantitative estimate of drug-likeness (QED) is 0.675. The number of hydrogen-bond donors (Lipinski definition) is 2. The van der Waals surface area contributed by atoms with E-state index in [2.05, 4.69) is 10.2 Å². The lowest BCUT2D eigenvalue weighted by atomic mass is 10.1. The fourth-order valence-corrected chi connectivity index (χ4v) is 2.43. The Labute approximate surface area is 104 Å². The number of rotatable bonds is 5. The molecule has 1 amide bonds. The van der Waals surface area contributed by atoms with Gasteiger partial charge in [-0.2, -0.15) is 0 Å². The van der Waals surface area contributed by atoms with Gasteiger partial charge in [0.05, 0.1) is 6.10 Å². The van der Waals surface area contributed by atoms with Crippen LogP contribution in [0.4, 0.5) is 0 Å². The van der Waals surface area contributed by atoms with Crippen LogP contribution in [0.2, 0.25) is 0 Å². The molecular weight excluding hydrogens is 218 g/mol. The zero-order valence-electron chi connectivity index (χ0n) is 11.3. The molecule has 1 aliphatic heterocycles. The van der Waals surface area contributed by atoms with Crippen molar-refractivity contribution in [2.24, 2.45) is 5.92 Å². The molecule has 0 aromatic heterocycles. The van der Waals surface area contributed by atoms with Gasteiger partial charge in [-0.1, -0.05) is 6.92 Å². The zero-order chi connectivity index (χ0) is 13.0. The van der Waals surface area contributed by atoms with Crippen LogP contribution in [-0.4, -0.2) is 73.7 Å². The van der Waals surface area contributed by atoms with Crippen molar-refractivity contribution in [1.82, 2.24) is 15.1 Å². The molecule has 1 saturated heterocycles. The van der Waals surface area contributed by atoms with Gasteiger partial charge in [-0.3, -0.25) is 4.79 Å². The number of aliphatic hydroxyl groups excluding tert-OH is 1. The Balaban J connectivity index is 2.62. The summed E-state index contributed by atoms with van der Waals surface area (Å²) in [6.07, 6.45) is 0.321. The summed E-state index contributed by atoms with van der Waals surface area (Å²) in [5, 5.41) is 12.7. The summed E-state index contributed by atoms with van der Waals surface area (Å²) in [5.74, 6) is 0.109. The summed E-state index contributed by atoms with van der Waals surface area (Å²) in [4.78, 5) is 16.1. The highest BCUT2D eigenvalue weighted by Gasteiger charge is 2.35. The number of likely N-dealkylation sites (N-methyl/N-ethyl adjacent to an activating group) is 1. The van der Waals surface area contributed by atoms with E-state index in [1.54, 1.807) is 0 Å². The Bertz CT molecular complexity index is 258. The van der Waals surface area contributed by atoms with Gasteiger partial charge in [0, 0.05) is 31.6 Å². The Morgan fingerprint density at radius 3 is 2.76 bits per heavy atom. The maximum Gasteiger partial charge on any atom is 0.227 e. The van der Waals surface area contributed by atoms with Crippen LogP contribution in [0.1, 0.15) is 13.3 Å². The van der Waals surface area contributed by atoms with E-state index >= 15 is 0 Å². The molecule has 5 heteroatoms. The second kappa shape index (κ2) is 6.33. The Morgan fingerprint density at radius 2 is 2.24 bits per heavy atom. The predicted octanol–water partition coefficient (Wildman–Crippen LogP) is -0.635. The first-order valence-electron chi connectivity index (χ1n) is 6.23. The van der Waals surface area contributed by atoms with Gasteiger partial charge in [0.25, 0.3) is 0 Å². The lowest BCUT2D eigenvalue weighted by Gasteiger charge is -2.29. The van der Waals surface area contributed by atoms with Crippen LogP contribution in [0.3, 0.4) is 0 Å². The van der Waals surface area contributed by atoms with Gasteiger partial charge in [-0.15, -0.1) is 0 Å². The SMILES string of the molecule is CNCC(C)C(=O)N1CC(O)CC1CN(C)C. The second-order valence-electron chi connectivity index (χ2n) is 5.25. The van der Waals surface area contributed by atoms with Crippen LogP contribution in [0.5, 0.6) is 0 Å². The van der Waals surface area contributed by atoms with E-state index in [1.807, 2.05) is 33.0 Å². The molecule has 2 N–H and O–H groups in total. The summed E-state index contributed by atoms with van der Waals surface area (Å²) < 4.78 is 0. The van der Waals surface area contributed by atoms with E-state index in [1.165, 1.54) is 0 Å². The molecule has 17 heavy (non-hydrogen) atoms. The Hall–Kier alpha value is -0.650. The minimum Gasteiger partial charge on any atom is -0.391 e. The largest absolute Gasteiger partial charge is 0.391 e. The van der Waals surface area contributed by atoms with Gasteiger partial charge < -0.3 is 20.2 Å².